The van der Waals surface area contributed by atoms with Crippen LogP contribution in [0.15, 0.2) is 0 Å². The Bertz CT molecular complexity index is 194. The van der Waals surface area contributed by atoms with Gasteiger partial charge in [0.2, 0.25) is 5.91 Å². The van der Waals surface area contributed by atoms with Crippen LogP contribution in [0.25, 0.3) is 0 Å². The Kier molecular flexibility index (Phi) is 3.27. The van der Waals surface area contributed by atoms with Crippen molar-refractivity contribution in [2.75, 3.05) is 20.1 Å². The molecule has 3 atom stereocenters. The van der Waals surface area contributed by atoms with Crippen molar-refractivity contribution in [1.29, 1.82) is 0 Å². The molecule has 4 nitrogen and oxygen atoms in total. The number of hydrogen-bond donors (Lipinski definition) is 2. The van der Waals surface area contributed by atoms with Crippen molar-refractivity contribution < 1.29 is 9.90 Å². The molecule has 1 rings (SSSR count). The Hall–Kier alpha value is -0.610. The lowest BCUT2D eigenvalue weighted by Gasteiger charge is -2.17. The van der Waals surface area contributed by atoms with Crippen LogP contribution in [0.4, 0.5) is 0 Å². The molecule has 2 N–H and O–H groups in total. The van der Waals surface area contributed by atoms with Crippen molar-refractivity contribution in [2.24, 2.45) is 5.92 Å². The van der Waals surface area contributed by atoms with Crippen LogP contribution < -0.4 is 5.32 Å². The first-order valence-corrected chi connectivity index (χ1v) is 4.67. The molecule has 0 saturated carbocycles. The molecule has 2 unspecified atom stereocenters. The molecule has 0 aliphatic carbocycles. The van der Waals surface area contributed by atoms with E-state index in [0.29, 0.717) is 5.92 Å². The number of rotatable bonds is 2. The number of nitrogens with zero attached hydrogens (tertiary/aromatic N) is 1. The van der Waals surface area contributed by atoms with E-state index in [9.17, 15) is 4.79 Å². The van der Waals surface area contributed by atoms with Crippen LogP contribution in [-0.2, 0) is 4.79 Å². The molecule has 13 heavy (non-hydrogen) atoms. The van der Waals surface area contributed by atoms with Crippen molar-refractivity contribution >= 4 is 5.91 Å². The Morgan fingerprint density at radius 1 is 1.62 bits per heavy atom. The van der Waals surface area contributed by atoms with E-state index >= 15 is 0 Å². The second kappa shape index (κ2) is 4.07. The highest BCUT2D eigenvalue weighted by Crippen LogP contribution is 2.14. The number of nitrogens with one attached hydrogen (secondary N) is 1. The van der Waals surface area contributed by atoms with Gasteiger partial charge in [0, 0.05) is 19.1 Å². The molecule has 0 aromatic carbocycles. The van der Waals surface area contributed by atoms with E-state index in [0.717, 1.165) is 13.1 Å². The predicted molar refractivity (Wildman–Crippen MR) is 50.3 cm³/mol. The van der Waals surface area contributed by atoms with Crippen LogP contribution >= 0.6 is 0 Å². The number of hydrogen-bond acceptors (Lipinski definition) is 3. The monoisotopic (exact) mass is 186 g/mol. The summed E-state index contributed by atoms with van der Waals surface area (Å²) < 4.78 is 0. The van der Waals surface area contributed by atoms with Gasteiger partial charge in [-0.2, -0.15) is 0 Å². The van der Waals surface area contributed by atoms with E-state index in [-0.39, 0.29) is 11.9 Å². The largest absolute Gasteiger partial charge is 0.384 e. The molecule has 1 aliphatic rings. The van der Waals surface area contributed by atoms with Crippen LogP contribution in [0, 0.1) is 5.92 Å². The number of likely N-dealkylation sites (tertiary alicyclic amines) is 1. The number of likely N-dealkylation sites (N-methyl/N-ethyl adjacent to an activating group) is 1. The summed E-state index contributed by atoms with van der Waals surface area (Å²) in [7, 11) is 2.03. The average molecular weight is 186 g/mol. The molecule has 0 aromatic heterocycles. The SMILES string of the molecule is CC1CN(C)CC1NC(=O)[C@@H](C)O. The van der Waals surface area contributed by atoms with E-state index < -0.39 is 6.10 Å². The maximum atomic E-state index is 11.2. The summed E-state index contributed by atoms with van der Waals surface area (Å²) in [6, 6.07) is 0.187. The van der Waals surface area contributed by atoms with Gasteiger partial charge in [-0.25, -0.2) is 0 Å². The van der Waals surface area contributed by atoms with Gasteiger partial charge in [-0.05, 0) is 19.9 Å². The maximum absolute atomic E-state index is 11.2. The molecular formula is C9H18N2O2. The third kappa shape index (κ3) is 2.67. The zero-order valence-corrected chi connectivity index (χ0v) is 8.45. The molecule has 0 radical (unpaired) electrons. The zero-order chi connectivity index (χ0) is 10.0. The summed E-state index contributed by atoms with van der Waals surface area (Å²) in [6.07, 6.45) is -0.905. The summed E-state index contributed by atoms with van der Waals surface area (Å²) in [5, 5.41) is 11.8. The molecule has 1 aliphatic heterocycles. The molecule has 0 bridgehead atoms. The number of aliphatic hydroxyl groups is 1. The van der Waals surface area contributed by atoms with Crippen LogP contribution in [-0.4, -0.2) is 48.2 Å². The Labute approximate surface area is 78.9 Å². The number of amides is 1. The smallest absolute Gasteiger partial charge is 0.248 e. The molecule has 76 valence electrons. The number of aliphatic hydroxyl groups excluding tert-OH is 1. The van der Waals surface area contributed by atoms with Gasteiger partial charge in [0.25, 0.3) is 0 Å². The van der Waals surface area contributed by atoms with Crippen LogP contribution in [0.1, 0.15) is 13.8 Å². The molecule has 0 aromatic rings. The van der Waals surface area contributed by atoms with E-state index in [1.165, 1.54) is 6.92 Å². The highest BCUT2D eigenvalue weighted by atomic mass is 16.3. The third-order valence-electron chi connectivity index (χ3n) is 2.50. The first-order chi connectivity index (χ1) is 6.00. The first-order valence-electron chi connectivity index (χ1n) is 4.67. The summed E-state index contributed by atoms with van der Waals surface area (Å²) in [6.45, 7) is 5.47. The van der Waals surface area contributed by atoms with Gasteiger partial charge in [0.1, 0.15) is 6.10 Å². The second-order valence-corrected chi connectivity index (χ2v) is 3.99. The molecule has 4 heteroatoms. The van der Waals surface area contributed by atoms with Crippen LogP contribution in [0.2, 0.25) is 0 Å². The van der Waals surface area contributed by atoms with Gasteiger partial charge in [0.05, 0.1) is 0 Å². The fraction of sp³-hybridized carbons (Fsp3) is 0.889. The van der Waals surface area contributed by atoms with E-state index in [2.05, 4.69) is 17.1 Å². The standard InChI is InChI=1S/C9H18N2O2/c1-6-4-11(3)5-8(6)10-9(13)7(2)12/h6-8,12H,4-5H2,1-3H3,(H,10,13)/t6?,7-,8?/m1/s1. The number of carbonyl (C=O) groups excluding carboxylic acids is 1. The lowest BCUT2D eigenvalue weighted by molar-refractivity contribution is -0.129. The van der Waals surface area contributed by atoms with Crippen molar-refractivity contribution in [3.63, 3.8) is 0 Å². The predicted octanol–water partition coefficient (Wildman–Crippen LogP) is -0.566. The van der Waals surface area contributed by atoms with E-state index in [1.807, 2.05) is 7.05 Å². The minimum Gasteiger partial charge on any atom is -0.384 e. The van der Waals surface area contributed by atoms with Crippen molar-refractivity contribution in [3.8, 4) is 0 Å². The average Bonchev–Trinajstić information content (AvgIpc) is 2.30. The second-order valence-electron chi connectivity index (χ2n) is 3.99. The Morgan fingerprint density at radius 2 is 2.23 bits per heavy atom. The maximum Gasteiger partial charge on any atom is 0.248 e. The molecule has 1 amide bonds. The molecular weight excluding hydrogens is 168 g/mol. The van der Waals surface area contributed by atoms with E-state index in [1.54, 1.807) is 0 Å². The van der Waals surface area contributed by atoms with Gasteiger partial charge in [-0.1, -0.05) is 6.92 Å². The minimum atomic E-state index is -0.905. The fourth-order valence-corrected chi connectivity index (χ4v) is 1.70. The van der Waals surface area contributed by atoms with E-state index in [4.69, 9.17) is 5.11 Å². The van der Waals surface area contributed by atoms with Crippen LogP contribution in [0.3, 0.4) is 0 Å². The summed E-state index contributed by atoms with van der Waals surface area (Å²) in [5.74, 6) is 0.194. The summed E-state index contributed by atoms with van der Waals surface area (Å²) >= 11 is 0. The molecule has 0 spiro atoms. The van der Waals surface area contributed by atoms with Gasteiger partial charge < -0.3 is 15.3 Å². The van der Waals surface area contributed by atoms with Gasteiger partial charge in [-0.15, -0.1) is 0 Å². The Morgan fingerprint density at radius 3 is 2.62 bits per heavy atom. The van der Waals surface area contributed by atoms with Crippen molar-refractivity contribution in [2.45, 2.75) is 26.0 Å². The van der Waals surface area contributed by atoms with Gasteiger partial charge in [-0.3, -0.25) is 4.79 Å². The topological polar surface area (TPSA) is 52.6 Å². The van der Waals surface area contributed by atoms with Crippen molar-refractivity contribution in [1.82, 2.24) is 10.2 Å². The van der Waals surface area contributed by atoms with Gasteiger partial charge >= 0.3 is 0 Å². The minimum absolute atomic E-state index is 0.187. The van der Waals surface area contributed by atoms with Crippen molar-refractivity contribution in [3.05, 3.63) is 0 Å². The zero-order valence-electron chi connectivity index (χ0n) is 8.45. The molecule has 1 heterocycles. The lowest BCUT2D eigenvalue weighted by atomic mass is 10.1. The summed E-state index contributed by atoms with van der Waals surface area (Å²) in [5.41, 5.74) is 0. The number of carbonyl (C=O) groups is 1. The lowest BCUT2D eigenvalue weighted by Crippen LogP contribution is -2.43. The van der Waals surface area contributed by atoms with Crippen LogP contribution in [0.5, 0.6) is 0 Å². The van der Waals surface area contributed by atoms with Gasteiger partial charge in [0.15, 0.2) is 0 Å². The molecule has 1 saturated heterocycles. The fourth-order valence-electron chi connectivity index (χ4n) is 1.70. The Balaban J connectivity index is 2.41. The normalized spacial score (nSPS) is 31.7. The molecule has 1 fully saturated rings. The third-order valence-corrected chi connectivity index (χ3v) is 2.50. The highest BCUT2D eigenvalue weighted by Gasteiger charge is 2.29. The highest BCUT2D eigenvalue weighted by molar-refractivity contribution is 5.80. The summed E-state index contributed by atoms with van der Waals surface area (Å²) in [4.78, 5) is 13.3. The quantitative estimate of drug-likeness (QED) is 0.607. The first kappa shape index (κ1) is 10.5.